The number of alkyl carbamates (subject to hydrolysis) is 1. The van der Waals surface area contributed by atoms with E-state index in [1.165, 1.54) is 26.0 Å². The van der Waals surface area contributed by atoms with Crippen LogP contribution in [0.1, 0.15) is 82.6 Å². The van der Waals surface area contributed by atoms with Gasteiger partial charge in [0.25, 0.3) is 0 Å². The molecule has 2 amide bonds. The Morgan fingerprint density at radius 3 is 2.22 bits per heavy atom. The first-order valence-electron chi connectivity index (χ1n) is 22.9. The average molecular weight is 960 g/mol. The van der Waals surface area contributed by atoms with Gasteiger partial charge >= 0.3 is 30.0 Å². The van der Waals surface area contributed by atoms with E-state index in [9.17, 15) is 44.1 Å². The van der Waals surface area contributed by atoms with Crippen molar-refractivity contribution in [2.45, 2.75) is 133 Å². The molecule has 6 N–H and O–H groups in total. The van der Waals surface area contributed by atoms with Crippen LogP contribution in [0.3, 0.4) is 0 Å². The molecular formula is C49H57N3O17. The van der Waals surface area contributed by atoms with Crippen LogP contribution in [0.25, 0.3) is 0 Å². The highest BCUT2D eigenvalue weighted by Crippen LogP contribution is 2.64. The Morgan fingerprint density at radius 2 is 1.61 bits per heavy atom. The van der Waals surface area contributed by atoms with Crippen molar-refractivity contribution in [1.29, 1.82) is 0 Å². The average Bonchev–Trinajstić information content (AvgIpc) is 4.07. The van der Waals surface area contributed by atoms with Crippen LogP contribution in [0.15, 0.2) is 76.8 Å². The number of ketones is 1. The Kier molecular flexibility index (Phi) is 13.3. The number of hydrogen-bond acceptors (Lipinski definition) is 18. The zero-order valence-electron chi connectivity index (χ0n) is 38.8. The molecule has 2 aromatic carbocycles. The lowest BCUT2D eigenvalue weighted by Gasteiger charge is -2.67. The maximum atomic E-state index is 15.1. The minimum absolute atomic E-state index is 0.0386. The minimum Gasteiger partial charge on any atom is -0.461 e. The summed E-state index contributed by atoms with van der Waals surface area (Å²) in [7, 11) is 0. The number of nitrogens with one attached hydrogen (secondary N) is 1. The summed E-state index contributed by atoms with van der Waals surface area (Å²) < 4.78 is 40.9. The molecule has 2 aromatic rings. The molecule has 370 valence electrons. The molecule has 0 unspecified atom stereocenters. The molecule has 2 heterocycles. The second-order valence-electron chi connectivity index (χ2n) is 19.5. The Morgan fingerprint density at radius 1 is 0.942 bits per heavy atom. The van der Waals surface area contributed by atoms with Crippen LogP contribution < -0.4 is 11.1 Å². The monoisotopic (exact) mass is 959 g/mol. The summed E-state index contributed by atoms with van der Waals surface area (Å²) in [6, 6.07) is 14.3. The fraction of sp³-hybridized carbons (Fsp3) is 0.551. The summed E-state index contributed by atoms with van der Waals surface area (Å²) in [5.41, 5.74) is -1.35. The lowest BCUT2D eigenvalue weighted by atomic mass is 9.44. The van der Waals surface area contributed by atoms with Crippen LogP contribution in [-0.2, 0) is 63.7 Å². The molecule has 3 saturated carbocycles. The highest BCUT2D eigenvalue weighted by Gasteiger charge is 2.78. The summed E-state index contributed by atoms with van der Waals surface area (Å²) in [5.74, 6) is -7.33. The third-order valence-electron chi connectivity index (χ3n) is 15.0. The molecule has 6 aliphatic rings. The third kappa shape index (κ3) is 8.87. The van der Waals surface area contributed by atoms with Crippen LogP contribution in [0.2, 0.25) is 0 Å². The number of nitrogens with zero attached hydrogens (tertiary/aromatic N) is 1. The molecule has 2 aliphatic heterocycles. The Bertz CT molecular complexity index is 2460. The predicted octanol–water partition coefficient (Wildman–Crippen LogP) is 1.92. The standard InChI is InChI=1S/C49H57N3O17/c1-24-30(66-44(60)38-36(27-16-17-27)52-33(67-38)22-63-34(55)18-29(42(50)58)51-45(61)64-21-26-12-8-6-9-13-26)20-49(62)41(68-43(59)28-14-10-7-11-15-28)39-47(5,40(57)37(56)35(24)46(49,3)4)31(54)19-32-48(39,23-65-32)69-25(2)53/h6-15,27,29-32,36-39,41,54,56,62H,16-23H2,1-5H3,(H2,50,58)(H,51,61)/t29-,30-,31-,32+,36-,37+,38+,39-,41-,47+,48-,49+/m0/s1. The van der Waals surface area contributed by atoms with Crippen molar-refractivity contribution >= 4 is 47.6 Å². The van der Waals surface area contributed by atoms with Gasteiger partial charge in [-0.1, -0.05) is 62.4 Å². The van der Waals surface area contributed by atoms with Gasteiger partial charge in [0, 0.05) is 25.2 Å². The van der Waals surface area contributed by atoms with E-state index < -0.39 is 138 Å². The highest BCUT2D eigenvalue weighted by molar-refractivity contribution is 5.94. The Balaban J connectivity index is 1.04. The van der Waals surface area contributed by atoms with Crippen molar-refractivity contribution in [3.63, 3.8) is 0 Å². The first-order chi connectivity index (χ1) is 32.6. The second-order valence-corrected chi connectivity index (χ2v) is 19.5. The van der Waals surface area contributed by atoms with Gasteiger partial charge in [-0.15, -0.1) is 0 Å². The van der Waals surface area contributed by atoms with E-state index >= 15 is 4.79 Å². The quantitative estimate of drug-likeness (QED) is 0.103. The zero-order valence-corrected chi connectivity index (χ0v) is 38.8. The number of benzene rings is 2. The second kappa shape index (κ2) is 18.6. The topological polar surface area (TPSA) is 295 Å². The number of aliphatic hydroxyl groups excluding tert-OH is 2. The highest BCUT2D eigenvalue weighted by atomic mass is 16.6. The molecule has 20 heteroatoms. The summed E-state index contributed by atoms with van der Waals surface area (Å²) in [5, 5.41) is 40.0. The number of primary amides is 1. The molecule has 0 spiro atoms. The normalized spacial score (nSPS) is 33.5. The molecule has 20 nitrogen and oxygen atoms in total. The van der Waals surface area contributed by atoms with E-state index in [-0.39, 0.29) is 48.2 Å². The summed E-state index contributed by atoms with van der Waals surface area (Å²) in [6.45, 7) is 6.23. The van der Waals surface area contributed by atoms with Gasteiger partial charge < -0.3 is 59.5 Å². The SMILES string of the molecule is CC(=O)O[C@@]12CO[C@@H]1C[C@H](O)[C@@]1(C)C(=O)[C@H](O)C3=C(C)[C@@H](OC(=O)[C@@H]4OC(COC(=O)C[C@H](NC(=O)OCc5ccccc5)C(N)=O)=N[C@H]4C4CC4)C[C@@](O)([C@@H](OC(=O)c4ccccc4)[C@H]21)C3(C)C. The summed E-state index contributed by atoms with van der Waals surface area (Å²) in [4.78, 5) is 98.7. The number of hydrogen-bond donors (Lipinski definition) is 5. The van der Waals surface area contributed by atoms with E-state index in [2.05, 4.69) is 10.3 Å². The van der Waals surface area contributed by atoms with Crippen LogP contribution >= 0.6 is 0 Å². The van der Waals surface area contributed by atoms with Crippen LogP contribution in [0.4, 0.5) is 4.79 Å². The van der Waals surface area contributed by atoms with E-state index in [1.54, 1.807) is 62.4 Å². The van der Waals surface area contributed by atoms with E-state index in [0.717, 1.165) is 6.92 Å². The van der Waals surface area contributed by atoms with Crippen molar-refractivity contribution in [3.8, 4) is 0 Å². The van der Waals surface area contributed by atoms with Gasteiger partial charge in [-0.25, -0.2) is 19.4 Å². The third-order valence-corrected chi connectivity index (χ3v) is 15.0. The molecule has 8 rings (SSSR count). The number of carbonyl (C=O) groups is 7. The van der Waals surface area contributed by atoms with Crippen LogP contribution in [0.5, 0.6) is 0 Å². The van der Waals surface area contributed by atoms with E-state index in [0.29, 0.717) is 18.4 Å². The van der Waals surface area contributed by atoms with Gasteiger partial charge in [-0.2, -0.15) is 0 Å². The van der Waals surface area contributed by atoms with Gasteiger partial charge in [0.1, 0.15) is 48.7 Å². The Labute approximate surface area is 396 Å². The zero-order chi connectivity index (χ0) is 49.8. The lowest BCUT2D eigenvalue weighted by molar-refractivity contribution is -0.346. The van der Waals surface area contributed by atoms with E-state index in [4.69, 9.17) is 38.9 Å². The first kappa shape index (κ1) is 49.2. The van der Waals surface area contributed by atoms with Crippen molar-refractivity contribution in [2.75, 3.05) is 13.2 Å². The largest absolute Gasteiger partial charge is 0.461 e. The summed E-state index contributed by atoms with van der Waals surface area (Å²) in [6.07, 6.45) is -10.1. The van der Waals surface area contributed by atoms with Crippen LogP contribution in [-0.4, -0.2) is 136 Å². The number of esters is 4. The fourth-order valence-corrected chi connectivity index (χ4v) is 11.0. The molecular weight excluding hydrogens is 903 g/mol. The smallest absolute Gasteiger partial charge is 0.408 e. The van der Waals surface area contributed by atoms with Gasteiger partial charge in [0.05, 0.1) is 36.0 Å². The number of aliphatic hydroxyl groups is 3. The molecule has 4 fully saturated rings. The fourth-order valence-electron chi connectivity index (χ4n) is 11.0. The number of ether oxygens (including phenoxy) is 7. The van der Waals surface area contributed by atoms with Crippen molar-refractivity contribution in [3.05, 3.63) is 82.9 Å². The van der Waals surface area contributed by atoms with Gasteiger partial charge in [0.2, 0.25) is 17.9 Å². The molecule has 4 aliphatic carbocycles. The summed E-state index contributed by atoms with van der Waals surface area (Å²) >= 11 is 0. The van der Waals surface area contributed by atoms with Crippen LogP contribution in [0, 0.1) is 22.7 Å². The maximum absolute atomic E-state index is 15.1. The predicted molar refractivity (Wildman–Crippen MR) is 236 cm³/mol. The number of Topliss-reactive ketones (excluding diaryl/α,β-unsaturated/α-hetero) is 1. The van der Waals surface area contributed by atoms with Crippen molar-refractivity contribution in [2.24, 2.45) is 33.4 Å². The first-order valence-corrected chi connectivity index (χ1v) is 22.9. The van der Waals surface area contributed by atoms with Gasteiger partial charge in [-0.05, 0) is 61.4 Å². The van der Waals surface area contributed by atoms with Gasteiger partial charge in [0.15, 0.2) is 18.0 Å². The number of nitrogens with two attached hydrogens (primary N) is 1. The molecule has 1 saturated heterocycles. The molecule has 12 atom stereocenters. The van der Waals surface area contributed by atoms with E-state index in [1.807, 2.05) is 0 Å². The van der Waals surface area contributed by atoms with Crippen molar-refractivity contribution < 1.29 is 82.0 Å². The van der Waals surface area contributed by atoms with Crippen molar-refractivity contribution in [1.82, 2.24) is 5.32 Å². The lowest BCUT2D eigenvalue weighted by Crippen LogP contribution is -2.81. The number of rotatable bonds is 14. The number of aliphatic imine (C=N–C) groups is 1. The molecule has 2 bridgehead atoms. The molecule has 0 radical (unpaired) electrons. The minimum atomic E-state index is -2.34. The number of carbonyl (C=O) groups excluding carboxylic acids is 7. The Hall–Kier alpha value is -6.22. The molecule has 0 aromatic heterocycles. The maximum Gasteiger partial charge on any atom is 0.408 e. The number of amides is 2. The number of fused-ring (bicyclic) bond motifs is 5. The van der Waals surface area contributed by atoms with Gasteiger partial charge in [-0.3, -0.25) is 19.2 Å². The molecule has 69 heavy (non-hydrogen) atoms.